The summed E-state index contributed by atoms with van der Waals surface area (Å²) in [5.41, 5.74) is 3.99. The van der Waals surface area contributed by atoms with Gasteiger partial charge in [-0.3, -0.25) is 19.3 Å². The lowest BCUT2D eigenvalue weighted by Crippen LogP contribution is -2.57. The lowest BCUT2D eigenvalue weighted by molar-refractivity contribution is -0.144. The number of fused-ring (bicyclic) bond motifs is 3. The maximum Gasteiger partial charge on any atom is 0.255 e. The second kappa shape index (κ2) is 10.6. The molecular weight excluding hydrogens is 560 g/mol. The molecule has 2 aromatic rings. The predicted molar refractivity (Wildman–Crippen MR) is 154 cm³/mol. The van der Waals surface area contributed by atoms with Gasteiger partial charge in [0.25, 0.3) is 5.91 Å². The molecule has 42 heavy (non-hydrogen) atoms. The van der Waals surface area contributed by atoms with E-state index in [-0.39, 0.29) is 36.1 Å². The first-order valence-electron chi connectivity index (χ1n) is 14.3. The van der Waals surface area contributed by atoms with Gasteiger partial charge in [0.1, 0.15) is 22.8 Å². The molecular formula is C32H33ClN2O7. The summed E-state index contributed by atoms with van der Waals surface area (Å²) in [5.74, 6) is -5.90. The molecule has 4 aliphatic rings. The first-order valence-corrected chi connectivity index (χ1v) is 14.6. The molecule has 4 aliphatic carbocycles. The van der Waals surface area contributed by atoms with Gasteiger partial charge in [0.2, 0.25) is 5.78 Å². The van der Waals surface area contributed by atoms with Crippen LogP contribution in [0.2, 0.25) is 5.02 Å². The third-order valence-electron chi connectivity index (χ3n) is 9.24. The van der Waals surface area contributed by atoms with Crippen LogP contribution in [0.1, 0.15) is 52.7 Å². The fourth-order valence-electron chi connectivity index (χ4n) is 6.91. The molecule has 1 saturated carbocycles. The van der Waals surface area contributed by atoms with Crippen LogP contribution in [0, 0.1) is 17.8 Å². The standard InChI is InChI=1S/C32H33ClN2O7/c33-27-19(15-35(14-17-6-7-17)9-8-16-4-2-1-3-5-16)12-22(36)25-21(27)11-18-10-20-13-23(37)26(31(34)41)30(40)32(20,42)29(39)24(18)28(25)38/h1-5,12,17-18,20,36-37,39,42H,6-11,13-15H2,(H2,34,41)/t18?,20-,32-/m0/s1. The Hall–Kier alpha value is -3.66. The summed E-state index contributed by atoms with van der Waals surface area (Å²) < 4.78 is 0. The molecule has 2 aromatic carbocycles. The van der Waals surface area contributed by atoms with E-state index >= 15 is 0 Å². The smallest absolute Gasteiger partial charge is 0.255 e. The highest BCUT2D eigenvalue weighted by Gasteiger charge is 2.59. The van der Waals surface area contributed by atoms with E-state index in [4.69, 9.17) is 17.3 Å². The molecule has 1 fully saturated rings. The highest BCUT2D eigenvalue weighted by molar-refractivity contribution is 6.33. The Morgan fingerprint density at radius 3 is 2.48 bits per heavy atom. The molecule has 0 radical (unpaired) electrons. The number of hydrogen-bond acceptors (Lipinski definition) is 8. The van der Waals surface area contributed by atoms with Crippen molar-refractivity contribution >= 4 is 29.1 Å². The Morgan fingerprint density at radius 1 is 1.10 bits per heavy atom. The minimum atomic E-state index is -2.59. The quantitative estimate of drug-likeness (QED) is 0.290. The molecule has 10 heteroatoms. The number of aromatic hydroxyl groups is 1. The van der Waals surface area contributed by atoms with Crippen LogP contribution in [0.3, 0.4) is 0 Å². The van der Waals surface area contributed by atoms with Gasteiger partial charge in [0, 0.05) is 42.6 Å². The maximum absolute atomic E-state index is 13.8. The van der Waals surface area contributed by atoms with Crippen LogP contribution in [-0.4, -0.2) is 61.5 Å². The number of rotatable bonds is 8. The molecule has 0 bridgehead atoms. The monoisotopic (exact) mass is 592 g/mol. The van der Waals surface area contributed by atoms with Gasteiger partial charge < -0.3 is 26.2 Å². The Kier molecular flexibility index (Phi) is 7.15. The molecule has 220 valence electrons. The van der Waals surface area contributed by atoms with Crippen molar-refractivity contribution in [1.82, 2.24) is 4.90 Å². The Labute approximate surface area is 247 Å². The number of nitrogens with two attached hydrogens (primary N) is 1. The summed E-state index contributed by atoms with van der Waals surface area (Å²) in [7, 11) is 0. The first-order chi connectivity index (χ1) is 20.0. The number of aliphatic hydroxyl groups is 3. The molecule has 0 heterocycles. The van der Waals surface area contributed by atoms with Crippen molar-refractivity contribution in [2.75, 3.05) is 13.1 Å². The Morgan fingerprint density at radius 2 is 1.81 bits per heavy atom. The van der Waals surface area contributed by atoms with E-state index in [1.54, 1.807) is 0 Å². The van der Waals surface area contributed by atoms with Crippen LogP contribution >= 0.6 is 11.6 Å². The number of benzene rings is 2. The van der Waals surface area contributed by atoms with Gasteiger partial charge in [-0.15, -0.1) is 0 Å². The van der Waals surface area contributed by atoms with E-state index in [1.165, 1.54) is 24.5 Å². The number of allylic oxidation sites excluding steroid dienone is 2. The molecule has 6 rings (SSSR count). The summed E-state index contributed by atoms with van der Waals surface area (Å²) in [6.07, 6.45) is 3.20. The average Bonchev–Trinajstić information content (AvgIpc) is 3.76. The molecule has 0 spiro atoms. The van der Waals surface area contributed by atoms with Gasteiger partial charge in [0.05, 0.1) is 5.56 Å². The van der Waals surface area contributed by atoms with E-state index in [0.29, 0.717) is 28.6 Å². The maximum atomic E-state index is 13.8. The number of ketones is 2. The topological polar surface area (TPSA) is 161 Å². The first kappa shape index (κ1) is 28.5. The van der Waals surface area contributed by atoms with E-state index in [9.17, 15) is 34.8 Å². The minimum Gasteiger partial charge on any atom is -0.511 e. The van der Waals surface area contributed by atoms with E-state index < -0.39 is 52.0 Å². The lowest BCUT2D eigenvalue weighted by atomic mass is 9.60. The van der Waals surface area contributed by atoms with Crippen molar-refractivity contribution in [3.05, 3.63) is 86.3 Å². The van der Waals surface area contributed by atoms with Crippen LogP contribution in [0.25, 0.3) is 0 Å². The average molecular weight is 593 g/mol. The van der Waals surface area contributed by atoms with Crippen LogP contribution in [-0.2, 0) is 29.0 Å². The minimum absolute atomic E-state index is 0.0646. The van der Waals surface area contributed by atoms with Crippen molar-refractivity contribution in [1.29, 1.82) is 0 Å². The van der Waals surface area contributed by atoms with E-state index in [2.05, 4.69) is 17.0 Å². The predicted octanol–water partition coefficient (Wildman–Crippen LogP) is 3.69. The van der Waals surface area contributed by atoms with Crippen molar-refractivity contribution in [2.45, 2.75) is 50.7 Å². The van der Waals surface area contributed by atoms with Crippen molar-refractivity contribution in [3.8, 4) is 5.75 Å². The number of carbonyl (C=O) groups excluding carboxylic acids is 3. The van der Waals surface area contributed by atoms with Crippen LogP contribution in [0.15, 0.2) is 59.1 Å². The van der Waals surface area contributed by atoms with Crippen LogP contribution in [0.4, 0.5) is 0 Å². The fraction of sp³-hybridized carbons (Fsp3) is 0.406. The number of primary amides is 1. The molecule has 0 saturated heterocycles. The fourth-order valence-corrected chi connectivity index (χ4v) is 7.20. The SMILES string of the molecule is NC(=O)C1=C(O)C[C@@H]2CC3Cc4c(Cl)c(CN(CCc5ccccc5)CC5CC5)cc(O)c4C(=O)C3=C(O)[C@]2(O)C1=O. The van der Waals surface area contributed by atoms with Crippen LogP contribution < -0.4 is 5.73 Å². The zero-order valence-corrected chi connectivity index (χ0v) is 23.7. The summed E-state index contributed by atoms with van der Waals surface area (Å²) in [6, 6.07) is 11.7. The Bertz CT molecular complexity index is 1560. The number of carbonyl (C=O) groups is 3. The molecule has 9 nitrogen and oxygen atoms in total. The summed E-state index contributed by atoms with van der Waals surface area (Å²) in [5, 5.41) is 44.4. The molecule has 1 amide bonds. The summed E-state index contributed by atoms with van der Waals surface area (Å²) >= 11 is 6.94. The Balaban J connectivity index is 1.33. The molecule has 0 aromatic heterocycles. The van der Waals surface area contributed by atoms with Crippen LogP contribution in [0.5, 0.6) is 5.75 Å². The lowest BCUT2D eigenvalue weighted by Gasteiger charge is -2.45. The van der Waals surface area contributed by atoms with Crippen molar-refractivity contribution in [3.63, 3.8) is 0 Å². The second-order valence-corrected chi connectivity index (χ2v) is 12.4. The van der Waals surface area contributed by atoms with Gasteiger partial charge in [-0.05, 0) is 66.7 Å². The molecule has 0 aliphatic heterocycles. The zero-order valence-electron chi connectivity index (χ0n) is 23.0. The highest BCUT2D eigenvalue weighted by atomic mass is 35.5. The largest absolute Gasteiger partial charge is 0.511 e. The van der Waals surface area contributed by atoms with E-state index in [1.807, 2.05) is 18.2 Å². The number of nitrogens with zero attached hydrogens (tertiary/aromatic N) is 1. The van der Waals surface area contributed by atoms with Crippen molar-refractivity contribution < 1.29 is 34.8 Å². The zero-order chi connectivity index (χ0) is 29.9. The van der Waals surface area contributed by atoms with Gasteiger partial charge >= 0.3 is 0 Å². The van der Waals surface area contributed by atoms with Gasteiger partial charge in [-0.25, -0.2) is 0 Å². The number of aliphatic hydroxyl groups excluding tert-OH is 2. The summed E-state index contributed by atoms with van der Waals surface area (Å²) in [4.78, 5) is 41.0. The number of halogens is 1. The second-order valence-electron chi connectivity index (χ2n) is 12.0. The number of phenols is 1. The van der Waals surface area contributed by atoms with E-state index in [0.717, 1.165) is 19.5 Å². The van der Waals surface area contributed by atoms with Gasteiger partial charge in [-0.2, -0.15) is 0 Å². The molecule has 1 unspecified atom stereocenters. The van der Waals surface area contributed by atoms with Gasteiger partial charge in [-0.1, -0.05) is 41.9 Å². The number of Topliss-reactive ketones (excluding diaryl/α,β-unsaturated/α-hetero) is 2. The third kappa shape index (κ3) is 4.69. The number of amides is 1. The van der Waals surface area contributed by atoms with Gasteiger partial charge in [0.15, 0.2) is 11.4 Å². The number of phenolic OH excluding ortho intramolecular Hbond substituents is 1. The van der Waals surface area contributed by atoms with Crippen molar-refractivity contribution in [2.24, 2.45) is 23.5 Å². The third-order valence-corrected chi connectivity index (χ3v) is 9.71. The molecule has 3 atom stereocenters. The highest BCUT2D eigenvalue weighted by Crippen LogP contribution is 2.52. The normalized spacial score (nSPS) is 25.4. The number of hydrogen-bond donors (Lipinski definition) is 5. The molecule has 6 N–H and O–H groups in total. The summed E-state index contributed by atoms with van der Waals surface area (Å²) in [6.45, 7) is 2.19.